The van der Waals surface area contributed by atoms with Gasteiger partial charge in [-0.3, -0.25) is 4.79 Å². The Labute approximate surface area is 166 Å². The fraction of sp³-hybridized carbons (Fsp3) is 0.240. The van der Waals surface area contributed by atoms with E-state index in [9.17, 15) is 4.79 Å². The van der Waals surface area contributed by atoms with Crippen LogP contribution in [0.4, 0.5) is 0 Å². The Balaban J connectivity index is 1.44. The van der Waals surface area contributed by atoms with Gasteiger partial charge >= 0.3 is 0 Å². The molecule has 1 heterocycles. The van der Waals surface area contributed by atoms with Crippen LogP contribution in [0, 0.1) is 0 Å². The zero-order valence-corrected chi connectivity index (χ0v) is 16.1. The van der Waals surface area contributed by atoms with Gasteiger partial charge in [-0.1, -0.05) is 66.7 Å². The van der Waals surface area contributed by atoms with E-state index in [4.69, 9.17) is 5.73 Å². The largest absolute Gasteiger partial charge is 0.339 e. The molecule has 0 atom stereocenters. The summed E-state index contributed by atoms with van der Waals surface area (Å²) in [7, 11) is 0. The molecule has 1 aliphatic heterocycles. The van der Waals surface area contributed by atoms with E-state index in [1.54, 1.807) is 0 Å². The molecule has 1 saturated heterocycles. The molecule has 3 nitrogen and oxygen atoms in total. The zero-order valence-electron chi connectivity index (χ0n) is 16.1. The van der Waals surface area contributed by atoms with E-state index in [2.05, 4.69) is 42.5 Å². The summed E-state index contributed by atoms with van der Waals surface area (Å²) < 4.78 is 0. The molecule has 1 aliphatic rings. The lowest BCUT2D eigenvalue weighted by molar-refractivity contribution is 0.0713. The normalized spacial score (nSPS) is 14.8. The third kappa shape index (κ3) is 4.00. The maximum absolute atomic E-state index is 13.0. The van der Waals surface area contributed by atoms with Crippen LogP contribution in [-0.4, -0.2) is 23.9 Å². The molecule has 1 fully saturated rings. The number of hydrogen-bond donors (Lipinski definition) is 1. The molecule has 0 bridgehead atoms. The monoisotopic (exact) mass is 370 g/mol. The summed E-state index contributed by atoms with van der Waals surface area (Å²) in [5, 5.41) is 0. The van der Waals surface area contributed by atoms with Gasteiger partial charge in [0, 0.05) is 25.2 Å². The molecule has 3 heteroatoms. The quantitative estimate of drug-likeness (QED) is 0.715. The smallest absolute Gasteiger partial charge is 0.253 e. The van der Waals surface area contributed by atoms with Gasteiger partial charge in [0.05, 0.1) is 0 Å². The number of benzene rings is 3. The molecular weight excluding hydrogens is 344 g/mol. The molecule has 3 aromatic carbocycles. The lowest BCUT2D eigenvalue weighted by Crippen LogP contribution is -2.37. The van der Waals surface area contributed by atoms with Crippen LogP contribution in [0.5, 0.6) is 0 Å². The van der Waals surface area contributed by atoms with Gasteiger partial charge in [0.1, 0.15) is 0 Å². The molecular formula is C25H26N2O. The SMILES string of the molecule is NCc1cccc(C2CCN(C(=O)c3cccc(-c4ccccc4)c3)CC2)c1. The third-order valence-electron chi connectivity index (χ3n) is 5.66. The fourth-order valence-corrected chi connectivity index (χ4v) is 4.03. The summed E-state index contributed by atoms with van der Waals surface area (Å²) in [6.45, 7) is 2.17. The van der Waals surface area contributed by atoms with Crippen LogP contribution >= 0.6 is 0 Å². The lowest BCUT2D eigenvalue weighted by atomic mass is 9.88. The van der Waals surface area contributed by atoms with Crippen LogP contribution in [0.1, 0.15) is 40.2 Å². The number of likely N-dealkylation sites (tertiary alicyclic amines) is 1. The first-order chi connectivity index (χ1) is 13.7. The summed E-state index contributed by atoms with van der Waals surface area (Å²) >= 11 is 0. The highest BCUT2D eigenvalue weighted by Crippen LogP contribution is 2.29. The number of nitrogens with zero attached hydrogens (tertiary/aromatic N) is 1. The van der Waals surface area contributed by atoms with Gasteiger partial charge < -0.3 is 10.6 Å². The van der Waals surface area contributed by atoms with E-state index in [-0.39, 0.29) is 5.91 Å². The molecule has 3 aromatic rings. The molecule has 142 valence electrons. The van der Waals surface area contributed by atoms with Gasteiger partial charge in [0.15, 0.2) is 0 Å². The van der Waals surface area contributed by atoms with Gasteiger partial charge in [-0.2, -0.15) is 0 Å². The van der Waals surface area contributed by atoms with E-state index in [1.807, 2.05) is 41.3 Å². The average Bonchev–Trinajstić information content (AvgIpc) is 2.79. The number of nitrogens with two attached hydrogens (primary N) is 1. The summed E-state index contributed by atoms with van der Waals surface area (Å²) in [5.41, 5.74) is 11.3. The number of hydrogen-bond acceptors (Lipinski definition) is 2. The van der Waals surface area contributed by atoms with Gasteiger partial charge in [0.2, 0.25) is 0 Å². The van der Waals surface area contributed by atoms with Crippen molar-refractivity contribution in [3.05, 3.63) is 95.6 Å². The molecule has 4 rings (SSSR count). The molecule has 0 aromatic heterocycles. The van der Waals surface area contributed by atoms with E-state index in [0.717, 1.165) is 42.6 Å². The van der Waals surface area contributed by atoms with Gasteiger partial charge in [0.25, 0.3) is 5.91 Å². The zero-order chi connectivity index (χ0) is 19.3. The minimum atomic E-state index is 0.131. The minimum absolute atomic E-state index is 0.131. The van der Waals surface area contributed by atoms with Crippen molar-refractivity contribution < 1.29 is 4.79 Å². The van der Waals surface area contributed by atoms with E-state index < -0.39 is 0 Å². The summed E-state index contributed by atoms with van der Waals surface area (Å²) in [5.74, 6) is 0.637. The molecule has 1 amide bonds. The van der Waals surface area contributed by atoms with Crippen molar-refractivity contribution in [2.24, 2.45) is 5.73 Å². The third-order valence-corrected chi connectivity index (χ3v) is 5.66. The molecule has 28 heavy (non-hydrogen) atoms. The minimum Gasteiger partial charge on any atom is -0.339 e. The van der Waals surface area contributed by atoms with E-state index in [0.29, 0.717) is 12.5 Å². The van der Waals surface area contributed by atoms with Crippen LogP contribution < -0.4 is 5.73 Å². The van der Waals surface area contributed by atoms with Crippen molar-refractivity contribution in [1.82, 2.24) is 4.90 Å². The first-order valence-electron chi connectivity index (χ1n) is 9.98. The molecule has 0 unspecified atom stereocenters. The van der Waals surface area contributed by atoms with E-state index in [1.165, 1.54) is 11.1 Å². The van der Waals surface area contributed by atoms with Crippen LogP contribution in [-0.2, 0) is 6.54 Å². The Morgan fingerprint density at radius 3 is 2.32 bits per heavy atom. The van der Waals surface area contributed by atoms with Crippen LogP contribution in [0.25, 0.3) is 11.1 Å². The number of carbonyl (C=O) groups is 1. The second kappa shape index (κ2) is 8.41. The van der Waals surface area contributed by atoms with Gasteiger partial charge in [-0.05, 0) is 53.1 Å². The van der Waals surface area contributed by atoms with E-state index >= 15 is 0 Å². The van der Waals surface area contributed by atoms with Crippen LogP contribution in [0.3, 0.4) is 0 Å². The number of rotatable bonds is 4. The number of piperidine rings is 1. The summed E-state index contributed by atoms with van der Waals surface area (Å²) in [6, 6.07) is 26.7. The van der Waals surface area contributed by atoms with Crippen molar-refractivity contribution in [3.63, 3.8) is 0 Å². The van der Waals surface area contributed by atoms with Crippen molar-refractivity contribution >= 4 is 5.91 Å². The highest BCUT2D eigenvalue weighted by molar-refractivity contribution is 5.95. The van der Waals surface area contributed by atoms with Crippen molar-refractivity contribution in [1.29, 1.82) is 0 Å². The Morgan fingerprint density at radius 2 is 1.57 bits per heavy atom. The van der Waals surface area contributed by atoms with Crippen molar-refractivity contribution in [2.45, 2.75) is 25.3 Å². The Morgan fingerprint density at radius 1 is 0.857 bits per heavy atom. The summed E-state index contributed by atoms with van der Waals surface area (Å²) in [4.78, 5) is 15.0. The van der Waals surface area contributed by atoms with Crippen molar-refractivity contribution in [3.8, 4) is 11.1 Å². The molecule has 0 saturated carbocycles. The lowest BCUT2D eigenvalue weighted by Gasteiger charge is -2.32. The second-order valence-electron chi connectivity index (χ2n) is 7.46. The second-order valence-corrected chi connectivity index (χ2v) is 7.46. The average molecular weight is 370 g/mol. The fourth-order valence-electron chi connectivity index (χ4n) is 4.03. The maximum atomic E-state index is 13.0. The topological polar surface area (TPSA) is 46.3 Å². The van der Waals surface area contributed by atoms with Crippen LogP contribution in [0.2, 0.25) is 0 Å². The maximum Gasteiger partial charge on any atom is 0.253 e. The molecule has 0 aliphatic carbocycles. The highest BCUT2D eigenvalue weighted by Gasteiger charge is 2.24. The highest BCUT2D eigenvalue weighted by atomic mass is 16.2. The standard InChI is InChI=1S/C25H26N2O/c26-18-19-6-4-9-22(16-19)21-12-14-27(15-13-21)25(28)24-11-5-10-23(17-24)20-7-2-1-3-8-20/h1-11,16-17,21H,12-15,18,26H2. The summed E-state index contributed by atoms with van der Waals surface area (Å²) in [6.07, 6.45) is 2.00. The predicted molar refractivity (Wildman–Crippen MR) is 114 cm³/mol. The van der Waals surface area contributed by atoms with Crippen LogP contribution in [0.15, 0.2) is 78.9 Å². The van der Waals surface area contributed by atoms with Gasteiger partial charge in [-0.15, -0.1) is 0 Å². The van der Waals surface area contributed by atoms with Gasteiger partial charge in [-0.25, -0.2) is 0 Å². The van der Waals surface area contributed by atoms with Crippen molar-refractivity contribution in [2.75, 3.05) is 13.1 Å². The molecule has 0 radical (unpaired) electrons. The number of amides is 1. The number of carbonyl (C=O) groups excluding carboxylic acids is 1. The Hall–Kier alpha value is -2.91. The Kier molecular flexibility index (Phi) is 5.54. The predicted octanol–water partition coefficient (Wildman–Crippen LogP) is 4.83. The first kappa shape index (κ1) is 18.5. The molecule has 2 N–H and O–H groups in total. The molecule has 0 spiro atoms. The first-order valence-corrected chi connectivity index (χ1v) is 9.98. The Bertz CT molecular complexity index is 944.